The van der Waals surface area contributed by atoms with Crippen LogP contribution in [0.5, 0.6) is 0 Å². The summed E-state index contributed by atoms with van der Waals surface area (Å²) in [5, 5.41) is 11.5. The third kappa shape index (κ3) is 3.89. The van der Waals surface area contributed by atoms with Crippen molar-refractivity contribution in [3.63, 3.8) is 0 Å². The van der Waals surface area contributed by atoms with Crippen molar-refractivity contribution in [2.45, 2.75) is 19.4 Å². The zero-order valence-electron chi connectivity index (χ0n) is 10.5. The molecule has 0 aliphatic heterocycles. The molecule has 100 valence electrons. The van der Waals surface area contributed by atoms with Crippen molar-refractivity contribution in [3.05, 3.63) is 24.2 Å². The van der Waals surface area contributed by atoms with Gasteiger partial charge in [-0.05, 0) is 13.0 Å². The number of amides is 2. The van der Waals surface area contributed by atoms with Crippen LogP contribution in [0, 0.1) is 0 Å². The molecule has 2 amide bonds. The number of nitrogens with zero attached hydrogens (tertiary/aromatic N) is 1. The van der Waals surface area contributed by atoms with Gasteiger partial charge in [-0.15, -0.1) is 0 Å². The summed E-state index contributed by atoms with van der Waals surface area (Å²) in [6.07, 6.45) is 2.96. The van der Waals surface area contributed by atoms with Crippen molar-refractivity contribution >= 4 is 11.8 Å². The average Bonchev–Trinajstić information content (AvgIpc) is 2.90. The molecule has 1 aromatic heterocycles. The monoisotopic (exact) mass is 254 g/mol. The van der Waals surface area contributed by atoms with E-state index in [2.05, 4.69) is 5.32 Å². The number of hydrogen-bond acceptors (Lipinski definition) is 4. The van der Waals surface area contributed by atoms with Crippen molar-refractivity contribution in [2.24, 2.45) is 0 Å². The minimum absolute atomic E-state index is 0.0797. The van der Waals surface area contributed by atoms with E-state index >= 15 is 0 Å². The summed E-state index contributed by atoms with van der Waals surface area (Å²) in [6.45, 7) is 1.93. The van der Waals surface area contributed by atoms with E-state index in [0.29, 0.717) is 5.56 Å². The van der Waals surface area contributed by atoms with E-state index in [-0.39, 0.29) is 37.4 Å². The Morgan fingerprint density at radius 2 is 2.28 bits per heavy atom. The number of hydrogen-bond donors (Lipinski definition) is 2. The predicted octanol–water partition coefficient (Wildman–Crippen LogP) is 0.239. The first kappa shape index (κ1) is 14.2. The maximum absolute atomic E-state index is 11.7. The molecule has 0 spiro atoms. The average molecular weight is 254 g/mol. The topological polar surface area (TPSA) is 82.8 Å². The van der Waals surface area contributed by atoms with E-state index in [4.69, 9.17) is 9.52 Å². The Bertz CT molecular complexity index is 389. The summed E-state index contributed by atoms with van der Waals surface area (Å²) in [4.78, 5) is 24.6. The molecule has 18 heavy (non-hydrogen) atoms. The molecular weight excluding hydrogens is 236 g/mol. The van der Waals surface area contributed by atoms with Crippen LogP contribution in [0.4, 0.5) is 0 Å². The van der Waals surface area contributed by atoms with Gasteiger partial charge in [0.2, 0.25) is 5.91 Å². The van der Waals surface area contributed by atoms with Gasteiger partial charge in [-0.2, -0.15) is 0 Å². The highest BCUT2D eigenvalue weighted by Crippen LogP contribution is 2.00. The van der Waals surface area contributed by atoms with Gasteiger partial charge in [0.15, 0.2) is 0 Å². The maximum atomic E-state index is 11.7. The van der Waals surface area contributed by atoms with Crippen LogP contribution >= 0.6 is 0 Å². The molecule has 0 saturated carbocycles. The number of rotatable bonds is 6. The van der Waals surface area contributed by atoms with Crippen LogP contribution < -0.4 is 5.32 Å². The fraction of sp³-hybridized carbons (Fsp3) is 0.500. The Labute approximate surface area is 106 Å². The molecule has 0 aromatic carbocycles. The summed E-state index contributed by atoms with van der Waals surface area (Å²) in [6, 6.07) is 1.33. The van der Waals surface area contributed by atoms with Crippen LogP contribution in [0.3, 0.4) is 0 Å². The summed E-state index contributed by atoms with van der Waals surface area (Å²) in [5.41, 5.74) is 0.430. The second-order valence-electron chi connectivity index (χ2n) is 4.05. The molecule has 0 aliphatic rings. The van der Waals surface area contributed by atoms with E-state index in [9.17, 15) is 9.59 Å². The maximum Gasteiger partial charge on any atom is 0.254 e. The predicted molar refractivity (Wildman–Crippen MR) is 65.0 cm³/mol. The van der Waals surface area contributed by atoms with E-state index in [0.717, 1.165) is 0 Å². The van der Waals surface area contributed by atoms with Gasteiger partial charge < -0.3 is 19.7 Å². The first-order chi connectivity index (χ1) is 8.56. The van der Waals surface area contributed by atoms with Gasteiger partial charge in [-0.3, -0.25) is 9.59 Å². The molecule has 1 aromatic rings. The quantitative estimate of drug-likeness (QED) is 0.761. The lowest BCUT2D eigenvalue weighted by atomic mass is 10.2. The van der Waals surface area contributed by atoms with E-state index in [1.807, 2.05) is 0 Å². The van der Waals surface area contributed by atoms with Crippen LogP contribution in [0.1, 0.15) is 23.7 Å². The molecular formula is C12H18N2O4. The summed E-state index contributed by atoms with van der Waals surface area (Å²) in [7, 11) is 1.63. The second kappa shape index (κ2) is 6.80. The van der Waals surface area contributed by atoms with Crippen LogP contribution in [0.15, 0.2) is 23.0 Å². The van der Waals surface area contributed by atoms with Crippen molar-refractivity contribution in [2.75, 3.05) is 20.2 Å². The fourth-order valence-electron chi connectivity index (χ4n) is 1.32. The molecule has 0 fully saturated rings. The van der Waals surface area contributed by atoms with Crippen LogP contribution in [-0.4, -0.2) is 48.1 Å². The molecule has 2 N–H and O–H groups in total. The third-order valence-electron chi connectivity index (χ3n) is 2.73. The van der Waals surface area contributed by atoms with E-state index < -0.39 is 0 Å². The van der Waals surface area contributed by atoms with Gasteiger partial charge in [0.25, 0.3) is 5.91 Å². The Kier molecular flexibility index (Phi) is 5.38. The molecule has 0 radical (unpaired) electrons. The van der Waals surface area contributed by atoms with E-state index in [1.54, 1.807) is 20.0 Å². The van der Waals surface area contributed by atoms with Gasteiger partial charge in [0, 0.05) is 20.0 Å². The molecule has 0 bridgehead atoms. The van der Waals surface area contributed by atoms with Crippen molar-refractivity contribution < 1.29 is 19.1 Å². The zero-order chi connectivity index (χ0) is 13.5. The van der Waals surface area contributed by atoms with Gasteiger partial charge in [-0.1, -0.05) is 0 Å². The Morgan fingerprint density at radius 1 is 1.56 bits per heavy atom. The number of carbonyl (C=O) groups is 2. The number of furan rings is 1. The molecule has 1 rings (SSSR count). The van der Waals surface area contributed by atoms with Gasteiger partial charge >= 0.3 is 0 Å². The SMILES string of the molecule is CC(CO)N(C)C(=O)CCNC(=O)c1ccoc1. The van der Waals surface area contributed by atoms with Crippen molar-refractivity contribution in [3.8, 4) is 0 Å². The molecule has 1 atom stereocenters. The van der Waals surface area contributed by atoms with Crippen LogP contribution in [0.25, 0.3) is 0 Å². The van der Waals surface area contributed by atoms with Crippen molar-refractivity contribution in [1.29, 1.82) is 0 Å². The molecule has 1 unspecified atom stereocenters. The summed E-state index contributed by atoms with van der Waals surface area (Å²) in [5.74, 6) is -0.390. The summed E-state index contributed by atoms with van der Waals surface area (Å²) >= 11 is 0. The minimum atomic E-state index is -0.269. The van der Waals surface area contributed by atoms with Crippen molar-refractivity contribution in [1.82, 2.24) is 10.2 Å². The number of likely N-dealkylation sites (N-methyl/N-ethyl adjacent to an activating group) is 1. The molecule has 0 saturated heterocycles. The van der Waals surface area contributed by atoms with Crippen LogP contribution in [-0.2, 0) is 4.79 Å². The highest BCUT2D eigenvalue weighted by Gasteiger charge is 2.15. The van der Waals surface area contributed by atoms with E-state index in [1.165, 1.54) is 17.4 Å². The summed E-state index contributed by atoms with van der Waals surface area (Å²) < 4.78 is 4.78. The largest absolute Gasteiger partial charge is 0.472 e. The highest BCUT2D eigenvalue weighted by molar-refractivity contribution is 5.94. The number of aliphatic hydroxyl groups is 1. The third-order valence-corrected chi connectivity index (χ3v) is 2.73. The number of nitrogens with one attached hydrogen (secondary N) is 1. The lowest BCUT2D eigenvalue weighted by molar-refractivity contribution is -0.132. The lowest BCUT2D eigenvalue weighted by Gasteiger charge is -2.23. The Hall–Kier alpha value is -1.82. The highest BCUT2D eigenvalue weighted by atomic mass is 16.3. The van der Waals surface area contributed by atoms with Gasteiger partial charge in [0.05, 0.1) is 24.5 Å². The number of carbonyl (C=O) groups excluding carboxylic acids is 2. The van der Waals surface area contributed by atoms with Gasteiger partial charge in [0.1, 0.15) is 6.26 Å². The normalized spacial score (nSPS) is 11.9. The first-order valence-corrected chi connectivity index (χ1v) is 5.73. The zero-order valence-corrected chi connectivity index (χ0v) is 10.5. The Balaban J connectivity index is 2.29. The van der Waals surface area contributed by atoms with Crippen LogP contribution in [0.2, 0.25) is 0 Å². The first-order valence-electron chi connectivity index (χ1n) is 5.73. The number of aliphatic hydroxyl groups excluding tert-OH is 1. The second-order valence-corrected chi connectivity index (χ2v) is 4.05. The fourth-order valence-corrected chi connectivity index (χ4v) is 1.32. The van der Waals surface area contributed by atoms with Gasteiger partial charge in [-0.25, -0.2) is 0 Å². The molecule has 6 heteroatoms. The minimum Gasteiger partial charge on any atom is -0.472 e. The molecule has 0 aliphatic carbocycles. The lowest BCUT2D eigenvalue weighted by Crippen LogP contribution is -2.39. The standard InChI is InChI=1S/C12H18N2O4/c1-9(7-15)14(2)11(16)3-5-13-12(17)10-4-6-18-8-10/h4,6,8-9,15H,3,5,7H2,1-2H3,(H,13,17). The Morgan fingerprint density at radius 3 is 2.83 bits per heavy atom. The molecule has 6 nitrogen and oxygen atoms in total. The molecule has 1 heterocycles. The smallest absolute Gasteiger partial charge is 0.254 e.